The van der Waals surface area contributed by atoms with Crippen LogP contribution in [0.4, 0.5) is 0 Å². The van der Waals surface area contributed by atoms with Crippen molar-refractivity contribution in [2.24, 2.45) is 0 Å². The molecule has 0 unspecified atom stereocenters. The molecule has 0 spiro atoms. The number of hydrogen-bond acceptors (Lipinski definition) is 4. The van der Waals surface area contributed by atoms with E-state index in [1.807, 2.05) is 47.0 Å². The molecule has 0 saturated heterocycles. The van der Waals surface area contributed by atoms with Gasteiger partial charge in [0, 0.05) is 14.4 Å². The van der Waals surface area contributed by atoms with Gasteiger partial charge in [0.2, 0.25) is 0 Å². The van der Waals surface area contributed by atoms with E-state index < -0.39 is 0 Å². The van der Waals surface area contributed by atoms with Gasteiger partial charge < -0.3 is 0 Å². The largest absolute Gasteiger partial charge is 0.120 e. The Kier molecular flexibility index (Phi) is 10.9. The van der Waals surface area contributed by atoms with Crippen molar-refractivity contribution >= 4 is 57.8 Å². The Hall–Kier alpha value is -0.420. The van der Waals surface area contributed by atoms with Crippen LogP contribution in [-0.2, 0) is 0 Å². The van der Waals surface area contributed by atoms with Gasteiger partial charge in [0.1, 0.15) is 0 Å². The minimum Gasteiger partial charge on any atom is -0.120 e. The lowest BCUT2D eigenvalue weighted by atomic mass is 9.93. The Balaban J connectivity index is 2.57. The number of benzene rings is 2. The van der Waals surface area contributed by atoms with Crippen molar-refractivity contribution < 1.29 is 0 Å². The first-order valence-electron chi connectivity index (χ1n) is 9.65. The van der Waals surface area contributed by atoms with E-state index in [1.54, 1.807) is 0 Å². The Labute approximate surface area is 182 Å². The molecule has 2 aromatic carbocycles. The molecular weight excluding hydrogens is 405 g/mol. The highest BCUT2D eigenvalue weighted by Crippen LogP contribution is 2.38. The molecule has 27 heavy (non-hydrogen) atoms. The van der Waals surface area contributed by atoms with E-state index in [0.29, 0.717) is 5.92 Å². The fourth-order valence-corrected chi connectivity index (χ4v) is 7.10. The highest BCUT2D eigenvalue weighted by Gasteiger charge is 2.13. The van der Waals surface area contributed by atoms with Gasteiger partial charge in [-0.1, -0.05) is 82.3 Å². The fourth-order valence-electron chi connectivity index (χ4n) is 2.91. The summed E-state index contributed by atoms with van der Waals surface area (Å²) in [7, 11) is 0. The molecule has 0 aromatic heterocycles. The first kappa shape index (κ1) is 22.9. The zero-order valence-electron chi connectivity index (χ0n) is 16.7. The summed E-state index contributed by atoms with van der Waals surface area (Å²) in [5.74, 6) is 4.77. The quantitative estimate of drug-likeness (QED) is 0.347. The summed E-state index contributed by atoms with van der Waals surface area (Å²) in [5.41, 5.74) is 1.41. The summed E-state index contributed by atoms with van der Waals surface area (Å²) in [5, 5.41) is 2.68. The van der Waals surface area contributed by atoms with Gasteiger partial charge in [0.15, 0.2) is 0 Å². The minimum absolute atomic E-state index is 0.303. The van der Waals surface area contributed by atoms with E-state index in [4.69, 9.17) is 0 Å². The molecule has 0 bridgehead atoms. The van der Waals surface area contributed by atoms with Gasteiger partial charge in [0.25, 0.3) is 0 Å². The molecule has 0 radical (unpaired) electrons. The summed E-state index contributed by atoms with van der Waals surface area (Å²) in [6, 6.07) is 15.5. The third kappa shape index (κ3) is 7.16. The molecule has 0 amide bonds. The Morgan fingerprint density at radius 2 is 1.19 bits per heavy atom. The van der Waals surface area contributed by atoms with E-state index in [9.17, 15) is 0 Å². The second-order valence-corrected chi connectivity index (χ2v) is 11.5. The second kappa shape index (κ2) is 12.9. The average Bonchev–Trinajstić information content (AvgIpc) is 2.68. The normalized spacial score (nSPS) is 11.0. The van der Waals surface area contributed by atoms with E-state index in [1.165, 1.54) is 24.8 Å². The maximum atomic E-state index is 2.48. The van der Waals surface area contributed by atoms with Crippen LogP contribution in [-0.4, -0.2) is 23.0 Å². The van der Waals surface area contributed by atoms with Crippen molar-refractivity contribution in [2.75, 3.05) is 23.0 Å². The molecule has 0 nitrogen and oxygen atoms in total. The van der Waals surface area contributed by atoms with Crippen LogP contribution >= 0.6 is 47.0 Å². The molecule has 0 heterocycles. The van der Waals surface area contributed by atoms with Crippen LogP contribution in [0.3, 0.4) is 0 Å². The molecule has 0 N–H and O–H groups in total. The van der Waals surface area contributed by atoms with Crippen molar-refractivity contribution in [3.63, 3.8) is 0 Å². The van der Waals surface area contributed by atoms with Crippen molar-refractivity contribution in [1.82, 2.24) is 0 Å². The first-order chi connectivity index (χ1) is 13.2. The first-order valence-corrected chi connectivity index (χ1v) is 13.6. The standard InChI is InChI=1S/C23H30S4/c1-5-24-22(25-6-2)16-19(17-23(26-7-3)27-8-4)21-15-11-13-18-12-9-10-14-20(18)21/h9-17,19H,5-8H2,1-4H3. The number of rotatable bonds is 11. The van der Waals surface area contributed by atoms with Crippen LogP contribution in [0.5, 0.6) is 0 Å². The maximum Gasteiger partial charge on any atom is 0.0369 e. The smallest absolute Gasteiger partial charge is 0.0369 e. The summed E-state index contributed by atoms with van der Waals surface area (Å²) < 4.78 is 2.88. The highest BCUT2D eigenvalue weighted by atomic mass is 32.2. The van der Waals surface area contributed by atoms with Crippen LogP contribution in [0.25, 0.3) is 10.8 Å². The Morgan fingerprint density at radius 1 is 0.704 bits per heavy atom. The van der Waals surface area contributed by atoms with Crippen LogP contribution < -0.4 is 0 Å². The summed E-state index contributed by atoms with van der Waals surface area (Å²) in [4.78, 5) is 0. The van der Waals surface area contributed by atoms with Gasteiger partial charge in [-0.15, -0.1) is 47.0 Å². The lowest BCUT2D eigenvalue weighted by molar-refractivity contribution is 1.10. The number of allylic oxidation sites excluding steroid dienone is 2. The van der Waals surface area contributed by atoms with Crippen LogP contribution in [0.1, 0.15) is 39.2 Å². The lowest BCUT2D eigenvalue weighted by Crippen LogP contribution is -1.96. The molecule has 2 rings (SSSR count). The van der Waals surface area contributed by atoms with Crippen molar-refractivity contribution in [2.45, 2.75) is 33.6 Å². The van der Waals surface area contributed by atoms with Gasteiger partial charge in [-0.3, -0.25) is 0 Å². The highest BCUT2D eigenvalue weighted by molar-refractivity contribution is 8.22. The monoisotopic (exact) mass is 434 g/mol. The third-order valence-corrected chi connectivity index (χ3v) is 8.21. The summed E-state index contributed by atoms with van der Waals surface area (Å²) >= 11 is 7.86. The molecule has 0 atom stereocenters. The van der Waals surface area contributed by atoms with E-state index in [-0.39, 0.29) is 0 Å². The molecule has 4 heteroatoms. The SMILES string of the molecule is CCSC(=CC(C=C(SCC)SCC)c1cccc2ccccc12)SCC. The van der Waals surface area contributed by atoms with Crippen LogP contribution in [0.15, 0.2) is 63.1 Å². The second-order valence-electron chi connectivity index (χ2n) is 5.80. The van der Waals surface area contributed by atoms with Gasteiger partial charge in [-0.25, -0.2) is 0 Å². The van der Waals surface area contributed by atoms with Gasteiger partial charge in [-0.2, -0.15) is 0 Å². The zero-order valence-corrected chi connectivity index (χ0v) is 20.0. The van der Waals surface area contributed by atoms with Gasteiger partial charge in [0.05, 0.1) is 0 Å². The van der Waals surface area contributed by atoms with Crippen LogP contribution in [0, 0.1) is 0 Å². The molecule has 2 aromatic rings. The molecule has 146 valence electrons. The average molecular weight is 435 g/mol. The molecule has 0 aliphatic carbocycles. The fraction of sp³-hybridized carbons (Fsp3) is 0.391. The van der Waals surface area contributed by atoms with Crippen molar-refractivity contribution in [3.8, 4) is 0 Å². The van der Waals surface area contributed by atoms with Gasteiger partial charge in [-0.05, 0) is 39.3 Å². The zero-order chi connectivity index (χ0) is 19.5. The Bertz CT molecular complexity index is 717. The Morgan fingerprint density at radius 3 is 1.70 bits per heavy atom. The molecule has 0 saturated carbocycles. The number of fused-ring (bicyclic) bond motifs is 1. The van der Waals surface area contributed by atoms with E-state index in [2.05, 4.69) is 82.3 Å². The van der Waals surface area contributed by atoms with Crippen LogP contribution in [0.2, 0.25) is 0 Å². The molecular formula is C23H30S4. The van der Waals surface area contributed by atoms with Crippen molar-refractivity contribution in [1.29, 1.82) is 0 Å². The van der Waals surface area contributed by atoms with E-state index in [0.717, 1.165) is 23.0 Å². The summed E-state index contributed by atoms with van der Waals surface area (Å²) in [6.45, 7) is 8.96. The topological polar surface area (TPSA) is 0 Å². The molecule has 0 fully saturated rings. The number of thioether (sulfide) groups is 4. The molecule has 0 aliphatic heterocycles. The van der Waals surface area contributed by atoms with Crippen molar-refractivity contribution in [3.05, 3.63) is 68.7 Å². The minimum atomic E-state index is 0.303. The lowest BCUT2D eigenvalue weighted by Gasteiger charge is -2.16. The maximum absolute atomic E-state index is 2.48. The number of hydrogen-bond donors (Lipinski definition) is 0. The predicted molar refractivity (Wildman–Crippen MR) is 135 cm³/mol. The molecule has 0 aliphatic rings. The third-order valence-electron chi connectivity index (χ3n) is 3.96. The predicted octanol–water partition coefficient (Wildman–Crippen LogP) is 8.62. The van der Waals surface area contributed by atoms with Gasteiger partial charge >= 0.3 is 0 Å². The summed E-state index contributed by atoms with van der Waals surface area (Å²) in [6.07, 6.45) is 4.97. The van der Waals surface area contributed by atoms with E-state index >= 15 is 0 Å².